The van der Waals surface area contributed by atoms with E-state index in [-0.39, 0.29) is 6.04 Å². The Hall–Kier alpha value is -2.73. The zero-order chi connectivity index (χ0) is 16.4. The molecule has 0 saturated heterocycles. The van der Waals surface area contributed by atoms with Crippen LogP contribution in [0, 0.1) is 0 Å². The summed E-state index contributed by atoms with van der Waals surface area (Å²) in [6, 6.07) is 7.07. The number of anilines is 1. The Balaban J connectivity index is 2.03. The zero-order valence-corrected chi connectivity index (χ0v) is 12.5. The van der Waals surface area contributed by atoms with Gasteiger partial charge in [-0.15, -0.1) is 0 Å². The van der Waals surface area contributed by atoms with E-state index in [2.05, 4.69) is 4.99 Å². The molecule has 0 aromatic heterocycles. The molecule has 0 radical (unpaired) electrons. The van der Waals surface area contributed by atoms with Crippen molar-refractivity contribution in [1.82, 2.24) is 0 Å². The van der Waals surface area contributed by atoms with Crippen LogP contribution >= 0.6 is 0 Å². The van der Waals surface area contributed by atoms with Crippen molar-refractivity contribution >= 4 is 23.3 Å². The van der Waals surface area contributed by atoms with Crippen LogP contribution in [0.25, 0.3) is 0 Å². The number of carboxylic acid groups (broad SMARTS) is 1. The molecule has 1 aliphatic heterocycles. The molecule has 1 atom stereocenters. The van der Waals surface area contributed by atoms with Crippen molar-refractivity contribution in [3.05, 3.63) is 53.6 Å². The van der Waals surface area contributed by atoms with E-state index in [0.29, 0.717) is 24.4 Å². The number of carboxylic acids is 1. The highest BCUT2D eigenvalue weighted by atomic mass is 16.4. The number of aliphatic carboxylic acids is 1. The average molecular weight is 311 g/mol. The van der Waals surface area contributed by atoms with Crippen molar-refractivity contribution in [2.45, 2.75) is 19.0 Å². The van der Waals surface area contributed by atoms with Gasteiger partial charge in [-0.3, -0.25) is 19.5 Å². The van der Waals surface area contributed by atoms with Crippen LogP contribution in [0.5, 0.6) is 0 Å². The van der Waals surface area contributed by atoms with Gasteiger partial charge in [0.2, 0.25) is 0 Å². The molecule has 1 amide bonds. The Bertz CT molecular complexity index is 749. The van der Waals surface area contributed by atoms with E-state index >= 15 is 0 Å². The van der Waals surface area contributed by atoms with Gasteiger partial charge in [0.15, 0.2) is 0 Å². The fraction of sp³-hybridized carbons (Fsp3) is 0.235. The van der Waals surface area contributed by atoms with Crippen molar-refractivity contribution in [2.24, 2.45) is 10.7 Å². The maximum atomic E-state index is 12.9. The van der Waals surface area contributed by atoms with Crippen LogP contribution in [-0.4, -0.2) is 35.3 Å². The second kappa shape index (κ2) is 6.18. The molecule has 1 aromatic carbocycles. The number of carbonyl (C=O) groups is 2. The fourth-order valence-corrected chi connectivity index (χ4v) is 2.79. The first-order valence-electron chi connectivity index (χ1n) is 7.35. The first-order valence-corrected chi connectivity index (χ1v) is 7.35. The highest BCUT2D eigenvalue weighted by Gasteiger charge is 2.30. The molecule has 1 heterocycles. The summed E-state index contributed by atoms with van der Waals surface area (Å²) in [6.45, 7) is -0.0618. The largest absolute Gasteiger partial charge is 0.480 e. The fourth-order valence-electron chi connectivity index (χ4n) is 2.79. The average Bonchev–Trinajstić information content (AvgIpc) is 2.65. The van der Waals surface area contributed by atoms with Gasteiger partial charge in [-0.05, 0) is 23.6 Å². The summed E-state index contributed by atoms with van der Waals surface area (Å²) in [4.78, 5) is 29.8. The number of allylic oxidation sites excluding steroid dienone is 2. The third-order valence-electron chi connectivity index (χ3n) is 3.85. The van der Waals surface area contributed by atoms with Crippen molar-refractivity contribution in [3.8, 4) is 0 Å². The van der Waals surface area contributed by atoms with E-state index in [0.717, 1.165) is 11.1 Å². The number of carbonyl (C=O) groups excluding carboxylic acids is 1. The van der Waals surface area contributed by atoms with Gasteiger partial charge in [-0.2, -0.15) is 0 Å². The van der Waals surface area contributed by atoms with Crippen LogP contribution in [0.1, 0.15) is 12.0 Å². The SMILES string of the molecule is NC1C=CC=C(C2=NCc3ccccc3N(CC(=O)O)C2=O)C1. The van der Waals surface area contributed by atoms with Crippen LogP contribution < -0.4 is 10.6 Å². The summed E-state index contributed by atoms with van der Waals surface area (Å²) in [6.07, 6.45) is 5.99. The van der Waals surface area contributed by atoms with Gasteiger partial charge in [0.1, 0.15) is 12.3 Å². The molecule has 1 aromatic rings. The molecule has 1 unspecified atom stereocenters. The van der Waals surface area contributed by atoms with E-state index in [1.165, 1.54) is 4.90 Å². The van der Waals surface area contributed by atoms with Crippen molar-refractivity contribution in [1.29, 1.82) is 0 Å². The van der Waals surface area contributed by atoms with Crippen LogP contribution in [0.2, 0.25) is 0 Å². The van der Waals surface area contributed by atoms with Gasteiger partial charge >= 0.3 is 5.97 Å². The molecule has 23 heavy (non-hydrogen) atoms. The van der Waals surface area contributed by atoms with E-state index in [1.54, 1.807) is 18.2 Å². The highest BCUT2D eigenvalue weighted by molar-refractivity contribution is 6.50. The summed E-state index contributed by atoms with van der Waals surface area (Å²) in [5.41, 5.74) is 8.37. The third kappa shape index (κ3) is 3.07. The minimum Gasteiger partial charge on any atom is -0.480 e. The molecule has 118 valence electrons. The lowest BCUT2D eigenvalue weighted by molar-refractivity contribution is -0.136. The molecule has 0 fully saturated rings. The Labute approximate surface area is 133 Å². The number of para-hydroxylation sites is 1. The van der Waals surface area contributed by atoms with Crippen molar-refractivity contribution in [2.75, 3.05) is 11.4 Å². The molecule has 6 heteroatoms. The number of rotatable bonds is 3. The van der Waals surface area contributed by atoms with E-state index in [1.807, 2.05) is 24.3 Å². The lowest BCUT2D eigenvalue weighted by Crippen LogP contribution is -2.41. The zero-order valence-electron chi connectivity index (χ0n) is 12.5. The van der Waals surface area contributed by atoms with Gasteiger partial charge in [-0.1, -0.05) is 36.4 Å². The minimum absolute atomic E-state index is 0.163. The third-order valence-corrected chi connectivity index (χ3v) is 3.85. The molecule has 6 nitrogen and oxygen atoms in total. The molecular weight excluding hydrogens is 294 g/mol. The number of fused-ring (bicyclic) bond motifs is 1. The molecule has 3 N–H and O–H groups in total. The lowest BCUT2D eigenvalue weighted by atomic mass is 9.96. The smallest absolute Gasteiger partial charge is 0.323 e. The Kier molecular flexibility index (Phi) is 4.08. The number of amides is 1. The molecule has 3 rings (SSSR count). The minimum atomic E-state index is -1.07. The van der Waals surface area contributed by atoms with E-state index < -0.39 is 18.4 Å². The predicted molar refractivity (Wildman–Crippen MR) is 87.4 cm³/mol. The summed E-state index contributed by atoms with van der Waals surface area (Å²) in [5.74, 6) is -1.46. The molecule has 0 bridgehead atoms. The summed E-state index contributed by atoms with van der Waals surface area (Å²) in [7, 11) is 0. The summed E-state index contributed by atoms with van der Waals surface area (Å²) in [5, 5.41) is 9.16. The maximum Gasteiger partial charge on any atom is 0.323 e. The first kappa shape index (κ1) is 15.2. The van der Waals surface area contributed by atoms with Crippen LogP contribution in [0.4, 0.5) is 5.69 Å². The second-order valence-corrected chi connectivity index (χ2v) is 5.52. The second-order valence-electron chi connectivity index (χ2n) is 5.52. The molecule has 0 spiro atoms. The number of hydrogen-bond acceptors (Lipinski definition) is 4. The first-order chi connectivity index (χ1) is 11.1. The van der Waals surface area contributed by atoms with Gasteiger partial charge < -0.3 is 10.8 Å². The number of nitrogens with two attached hydrogens (primary N) is 1. The molecule has 2 aliphatic rings. The quantitative estimate of drug-likeness (QED) is 0.878. The van der Waals surface area contributed by atoms with E-state index in [9.17, 15) is 9.59 Å². The number of hydrogen-bond donors (Lipinski definition) is 2. The van der Waals surface area contributed by atoms with Crippen LogP contribution in [0.15, 0.2) is 53.1 Å². The standard InChI is InChI=1S/C17H17N3O3/c18-13-6-3-5-11(8-13)16-17(23)20(10-15(21)22)14-7-2-1-4-12(14)9-19-16/h1-7,13H,8-10,18H2,(H,21,22). The molecule has 1 aliphatic carbocycles. The normalized spacial score (nSPS) is 20.5. The molecule has 0 saturated carbocycles. The predicted octanol–water partition coefficient (Wildman–Crippen LogP) is 1.27. The Morgan fingerprint density at radius 2 is 2.17 bits per heavy atom. The van der Waals surface area contributed by atoms with Gasteiger partial charge in [0, 0.05) is 11.7 Å². The van der Waals surface area contributed by atoms with Crippen molar-refractivity contribution in [3.63, 3.8) is 0 Å². The van der Waals surface area contributed by atoms with E-state index in [4.69, 9.17) is 10.8 Å². The molecular formula is C17H17N3O3. The lowest BCUT2D eigenvalue weighted by Gasteiger charge is -2.23. The number of aliphatic imine (C=N–C) groups is 1. The highest BCUT2D eigenvalue weighted by Crippen LogP contribution is 2.27. The Morgan fingerprint density at radius 1 is 1.39 bits per heavy atom. The topological polar surface area (TPSA) is 96.0 Å². The number of nitrogens with zero attached hydrogens (tertiary/aromatic N) is 2. The van der Waals surface area contributed by atoms with Gasteiger partial charge in [0.05, 0.1) is 6.54 Å². The number of benzene rings is 1. The van der Waals surface area contributed by atoms with Gasteiger partial charge in [-0.25, -0.2) is 0 Å². The van der Waals surface area contributed by atoms with Crippen LogP contribution in [-0.2, 0) is 16.1 Å². The Morgan fingerprint density at radius 3 is 2.91 bits per heavy atom. The van der Waals surface area contributed by atoms with Crippen molar-refractivity contribution < 1.29 is 14.7 Å². The van der Waals surface area contributed by atoms with Gasteiger partial charge in [0.25, 0.3) is 5.91 Å². The monoisotopic (exact) mass is 311 g/mol. The summed E-state index contributed by atoms with van der Waals surface area (Å²) < 4.78 is 0. The van der Waals surface area contributed by atoms with Crippen LogP contribution in [0.3, 0.4) is 0 Å². The maximum absolute atomic E-state index is 12.9. The summed E-state index contributed by atoms with van der Waals surface area (Å²) >= 11 is 0.